The monoisotopic (exact) mass is 374 g/mol. The number of hydrogen-bond donors (Lipinski definition) is 2. The van der Waals surface area contributed by atoms with Crippen LogP contribution in [0, 0.1) is 6.92 Å². The molecule has 108 valence electrons. The molecule has 0 aliphatic carbocycles. The average Bonchev–Trinajstić information content (AvgIpc) is 2.69. The van der Waals surface area contributed by atoms with Crippen molar-refractivity contribution in [1.29, 1.82) is 0 Å². The highest BCUT2D eigenvalue weighted by Gasteiger charge is 2.22. The van der Waals surface area contributed by atoms with Gasteiger partial charge < -0.3 is 5.73 Å². The van der Waals surface area contributed by atoms with Crippen molar-refractivity contribution in [2.45, 2.75) is 24.8 Å². The summed E-state index contributed by atoms with van der Waals surface area (Å²) >= 11 is 4.71. The normalized spacial score (nSPS) is 13.3. The van der Waals surface area contributed by atoms with E-state index in [-0.39, 0.29) is 6.04 Å². The molecule has 0 radical (unpaired) electrons. The summed E-state index contributed by atoms with van der Waals surface area (Å²) in [5, 5.41) is 0. The molecular formula is C13H15BrN2O2S2. The van der Waals surface area contributed by atoms with E-state index in [2.05, 4.69) is 20.7 Å². The molecule has 0 saturated heterocycles. The zero-order valence-electron chi connectivity index (χ0n) is 11.1. The van der Waals surface area contributed by atoms with Crippen LogP contribution in [0.25, 0.3) is 0 Å². The van der Waals surface area contributed by atoms with Gasteiger partial charge in [-0.3, -0.25) is 0 Å². The van der Waals surface area contributed by atoms with Gasteiger partial charge in [-0.05, 0) is 53.5 Å². The fraction of sp³-hybridized carbons (Fsp3) is 0.231. The van der Waals surface area contributed by atoms with E-state index < -0.39 is 10.0 Å². The van der Waals surface area contributed by atoms with Crippen LogP contribution < -0.4 is 10.5 Å². The van der Waals surface area contributed by atoms with Crippen LogP contribution in [0.5, 0.6) is 0 Å². The molecule has 1 atom stereocenters. The zero-order chi connectivity index (χ0) is 14.9. The van der Waals surface area contributed by atoms with Crippen molar-refractivity contribution >= 4 is 43.0 Å². The first-order chi connectivity index (χ1) is 9.29. The fourth-order valence-corrected chi connectivity index (χ4v) is 5.49. The summed E-state index contributed by atoms with van der Waals surface area (Å²) in [6.07, 6.45) is 0. The molecule has 0 fully saturated rings. The van der Waals surface area contributed by atoms with Gasteiger partial charge in [0.2, 0.25) is 10.0 Å². The van der Waals surface area contributed by atoms with Crippen LogP contribution in [0.2, 0.25) is 0 Å². The van der Waals surface area contributed by atoms with Crippen LogP contribution in [0.15, 0.2) is 39.0 Å². The number of rotatable bonds is 4. The number of benzene rings is 1. The summed E-state index contributed by atoms with van der Waals surface area (Å²) < 4.78 is 28.2. The summed E-state index contributed by atoms with van der Waals surface area (Å²) in [5.41, 5.74) is 7.15. The van der Waals surface area contributed by atoms with Crippen molar-refractivity contribution in [3.05, 3.63) is 44.6 Å². The van der Waals surface area contributed by atoms with E-state index >= 15 is 0 Å². The maximum absolute atomic E-state index is 12.4. The number of nitrogens with one attached hydrogen (secondary N) is 1. The number of hydrogen-bond acceptors (Lipinski definition) is 4. The first-order valence-electron chi connectivity index (χ1n) is 5.93. The summed E-state index contributed by atoms with van der Waals surface area (Å²) in [4.78, 5) is 1.07. The molecule has 1 aromatic heterocycles. The van der Waals surface area contributed by atoms with Crippen LogP contribution in [0.4, 0.5) is 5.69 Å². The molecule has 0 spiro atoms. The van der Waals surface area contributed by atoms with E-state index in [9.17, 15) is 8.42 Å². The maximum atomic E-state index is 12.4. The molecule has 0 aliphatic heterocycles. The number of sulfonamides is 1. The Morgan fingerprint density at radius 2 is 1.90 bits per heavy atom. The molecule has 1 unspecified atom stereocenters. The molecule has 0 bridgehead atoms. The molecule has 0 amide bonds. The second-order valence-electron chi connectivity index (χ2n) is 4.48. The van der Waals surface area contributed by atoms with Crippen LogP contribution in [0.3, 0.4) is 0 Å². The first-order valence-corrected chi connectivity index (χ1v) is 9.02. The Labute approximate surface area is 131 Å². The van der Waals surface area contributed by atoms with Gasteiger partial charge in [0, 0.05) is 16.6 Å². The predicted octanol–water partition coefficient (Wildman–Crippen LogP) is 3.44. The predicted molar refractivity (Wildman–Crippen MR) is 86.3 cm³/mol. The lowest BCUT2D eigenvalue weighted by molar-refractivity contribution is 0.567. The molecule has 3 N–H and O–H groups in total. The van der Waals surface area contributed by atoms with Crippen molar-refractivity contribution in [2.75, 3.05) is 5.73 Å². The topological polar surface area (TPSA) is 72.2 Å². The minimum atomic E-state index is -3.53. The Morgan fingerprint density at radius 1 is 1.30 bits per heavy atom. The van der Waals surface area contributed by atoms with Gasteiger partial charge in [-0.2, -0.15) is 0 Å². The smallest absolute Gasteiger partial charge is 0.242 e. The van der Waals surface area contributed by atoms with Crippen LogP contribution in [0.1, 0.15) is 23.4 Å². The highest BCUT2D eigenvalue weighted by molar-refractivity contribution is 9.11. The summed E-state index contributed by atoms with van der Waals surface area (Å²) in [7, 11) is -3.53. The van der Waals surface area contributed by atoms with Crippen molar-refractivity contribution < 1.29 is 8.42 Å². The third kappa shape index (κ3) is 3.41. The lowest BCUT2D eigenvalue weighted by Crippen LogP contribution is -2.27. The third-order valence-electron chi connectivity index (χ3n) is 2.90. The molecule has 0 aliphatic rings. The van der Waals surface area contributed by atoms with Gasteiger partial charge in [-0.1, -0.05) is 12.1 Å². The minimum Gasteiger partial charge on any atom is -0.399 e. The lowest BCUT2D eigenvalue weighted by Gasteiger charge is -2.14. The van der Waals surface area contributed by atoms with Crippen LogP contribution in [-0.4, -0.2) is 8.42 Å². The SMILES string of the molecule is Cc1sc(Br)cc1S(=O)(=O)NC(C)c1ccc(N)cc1. The van der Waals surface area contributed by atoms with Crippen molar-refractivity contribution in [2.24, 2.45) is 0 Å². The largest absolute Gasteiger partial charge is 0.399 e. The first kappa shape index (κ1) is 15.5. The molecule has 4 nitrogen and oxygen atoms in total. The molecular weight excluding hydrogens is 360 g/mol. The second-order valence-corrected chi connectivity index (χ2v) is 8.80. The van der Waals surface area contributed by atoms with Gasteiger partial charge in [0.15, 0.2) is 0 Å². The van der Waals surface area contributed by atoms with E-state index in [4.69, 9.17) is 5.73 Å². The summed E-state index contributed by atoms with van der Waals surface area (Å²) in [6.45, 7) is 3.59. The quantitative estimate of drug-likeness (QED) is 0.805. The lowest BCUT2D eigenvalue weighted by atomic mass is 10.1. The fourth-order valence-electron chi connectivity index (χ4n) is 1.85. The van der Waals surface area contributed by atoms with E-state index in [0.717, 1.165) is 14.2 Å². The standard InChI is InChI=1S/C13H15BrN2O2S2/c1-8(10-3-5-11(15)6-4-10)16-20(17,18)12-7-13(14)19-9(12)2/h3-8,16H,15H2,1-2H3. The Bertz CT molecular complexity index is 708. The number of nitrogens with two attached hydrogens (primary N) is 1. The molecule has 2 aromatic rings. The molecule has 2 rings (SSSR count). The number of thiophene rings is 1. The molecule has 20 heavy (non-hydrogen) atoms. The molecule has 0 saturated carbocycles. The Hall–Kier alpha value is -0.890. The number of anilines is 1. The molecule has 1 aromatic carbocycles. The van der Waals surface area contributed by atoms with Crippen LogP contribution in [-0.2, 0) is 10.0 Å². The number of aryl methyl sites for hydroxylation is 1. The average molecular weight is 375 g/mol. The Morgan fingerprint density at radius 3 is 2.40 bits per heavy atom. The summed E-state index contributed by atoms with van der Waals surface area (Å²) in [6, 6.07) is 8.45. The summed E-state index contributed by atoms with van der Waals surface area (Å²) in [5.74, 6) is 0. The number of nitrogen functional groups attached to an aromatic ring is 1. The minimum absolute atomic E-state index is 0.316. The number of halogens is 1. The van der Waals surface area contributed by atoms with E-state index in [1.165, 1.54) is 11.3 Å². The van der Waals surface area contributed by atoms with Crippen LogP contribution >= 0.6 is 27.3 Å². The van der Waals surface area contributed by atoms with Crippen molar-refractivity contribution in [1.82, 2.24) is 4.72 Å². The van der Waals surface area contributed by atoms with Gasteiger partial charge in [0.1, 0.15) is 0 Å². The Kier molecular flexibility index (Phi) is 4.53. The third-order valence-corrected chi connectivity index (χ3v) is 6.25. The van der Waals surface area contributed by atoms with E-state index in [1.54, 1.807) is 32.0 Å². The van der Waals surface area contributed by atoms with Gasteiger partial charge in [-0.25, -0.2) is 13.1 Å². The highest BCUT2D eigenvalue weighted by Crippen LogP contribution is 2.30. The zero-order valence-corrected chi connectivity index (χ0v) is 14.3. The van der Waals surface area contributed by atoms with Crippen molar-refractivity contribution in [3.8, 4) is 0 Å². The van der Waals surface area contributed by atoms with Gasteiger partial charge in [-0.15, -0.1) is 11.3 Å². The van der Waals surface area contributed by atoms with Gasteiger partial charge in [0.05, 0.1) is 8.68 Å². The van der Waals surface area contributed by atoms with Gasteiger partial charge in [0.25, 0.3) is 0 Å². The van der Waals surface area contributed by atoms with E-state index in [1.807, 2.05) is 12.1 Å². The maximum Gasteiger partial charge on any atom is 0.242 e. The second kappa shape index (κ2) is 5.85. The van der Waals surface area contributed by atoms with Crippen molar-refractivity contribution in [3.63, 3.8) is 0 Å². The molecule has 1 heterocycles. The molecule has 7 heteroatoms. The van der Waals surface area contributed by atoms with Gasteiger partial charge >= 0.3 is 0 Å². The Balaban J connectivity index is 2.24. The van der Waals surface area contributed by atoms with E-state index in [0.29, 0.717) is 10.6 Å². The highest BCUT2D eigenvalue weighted by atomic mass is 79.9.